The number of hydrogen-bond acceptors (Lipinski definition) is 3. The summed E-state index contributed by atoms with van der Waals surface area (Å²) in [6, 6.07) is 57.2. The lowest BCUT2D eigenvalue weighted by molar-refractivity contribution is 1.05. The molecule has 0 amide bonds. The second-order valence-corrected chi connectivity index (χ2v) is 11.6. The summed E-state index contributed by atoms with van der Waals surface area (Å²) in [6.45, 7) is 0. The maximum absolute atomic E-state index is 5.03. The number of para-hydroxylation sites is 3. The molecule has 0 N–H and O–H groups in total. The van der Waals surface area contributed by atoms with Crippen molar-refractivity contribution in [2.45, 2.75) is 0 Å². The molecule has 0 saturated carbocycles. The summed E-state index contributed by atoms with van der Waals surface area (Å²) in [7, 11) is 0. The summed E-state index contributed by atoms with van der Waals surface area (Å²) in [5, 5.41) is 2.36. The van der Waals surface area contributed by atoms with Gasteiger partial charge in [0.25, 0.3) is 0 Å². The van der Waals surface area contributed by atoms with Crippen molar-refractivity contribution in [2.24, 2.45) is 0 Å². The van der Waals surface area contributed by atoms with E-state index in [9.17, 15) is 0 Å². The van der Waals surface area contributed by atoms with Crippen LogP contribution in [-0.2, 0) is 0 Å². The average molecular weight is 604 g/mol. The van der Waals surface area contributed by atoms with Crippen LogP contribution in [0.1, 0.15) is 0 Å². The quantitative estimate of drug-likeness (QED) is 0.190. The van der Waals surface area contributed by atoms with Crippen molar-refractivity contribution < 1.29 is 0 Å². The van der Waals surface area contributed by atoms with Crippen LogP contribution in [0, 0.1) is 0 Å². The lowest BCUT2D eigenvalue weighted by atomic mass is 10.1. The number of anilines is 3. The van der Waals surface area contributed by atoms with Gasteiger partial charge >= 0.3 is 0 Å². The van der Waals surface area contributed by atoms with Crippen LogP contribution in [0.15, 0.2) is 176 Å². The lowest BCUT2D eigenvalue weighted by Crippen LogP contribution is -2.09. The van der Waals surface area contributed by atoms with Crippen LogP contribution in [0.2, 0.25) is 0 Å². The van der Waals surface area contributed by atoms with Gasteiger partial charge in [0, 0.05) is 45.2 Å². The molecule has 3 heterocycles. The van der Waals surface area contributed by atoms with Gasteiger partial charge < -0.3 is 9.47 Å². The Bertz CT molecular complexity index is 2460. The number of benzene rings is 6. The fourth-order valence-electron chi connectivity index (χ4n) is 6.69. The molecule has 222 valence electrons. The van der Waals surface area contributed by atoms with Crippen molar-refractivity contribution >= 4 is 44.6 Å². The van der Waals surface area contributed by atoms with Crippen LogP contribution < -0.4 is 4.90 Å². The highest BCUT2D eigenvalue weighted by atomic mass is 15.1. The summed E-state index contributed by atoms with van der Waals surface area (Å²) >= 11 is 0. The highest BCUT2D eigenvalue weighted by molar-refractivity contribution is 6.10. The molecule has 0 saturated heterocycles. The Balaban J connectivity index is 1.27. The minimum Gasteiger partial charge on any atom is -0.310 e. The third kappa shape index (κ3) is 4.56. The van der Waals surface area contributed by atoms with Crippen LogP contribution in [0.3, 0.4) is 0 Å². The molecule has 9 aromatic rings. The number of hydrogen-bond donors (Lipinski definition) is 0. The summed E-state index contributed by atoms with van der Waals surface area (Å²) in [5.41, 5.74) is 10.6. The minimum absolute atomic E-state index is 0.663. The SMILES string of the molecule is c1ccc(-c2nc3ncc(-n4c5ccccc5c5cc(N(c6ccccc6)c6ccccc6)ccc54)cn3c2-c2ccccc2)cc1. The zero-order chi connectivity index (χ0) is 31.2. The van der Waals surface area contributed by atoms with Gasteiger partial charge in [-0.3, -0.25) is 4.40 Å². The first-order valence-electron chi connectivity index (χ1n) is 15.8. The summed E-state index contributed by atoms with van der Waals surface area (Å²) in [6.07, 6.45) is 4.11. The molecule has 0 unspecified atom stereocenters. The zero-order valence-electron chi connectivity index (χ0n) is 25.5. The zero-order valence-corrected chi connectivity index (χ0v) is 25.5. The van der Waals surface area contributed by atoms with Gasteiger partial charge in [-0.1, -0.05) is 115 Å². The van der Waals surface area contributed by atoms with Crippen LogP contribution in [0.25, 0.3) is 55.8 Å². The maximum atomic E-state index is 5.03. The molecule has 0 aliphatic rings. The Morgan fingerprint density at radius 3 is 1.74 bits per heavy atom. The largest absolute Gasteiger partial charge is 0.310 e. The number of fused-ring (bicyclic) bond motifs is 4. The molecule has 6 aromatic carbocycles. The third-order valence-electron chi connectivity index (χ3n) is 8.76. The van der Waals surface area contributed by atoms with Gasteiger partial charge in [-0.25, -0.2) is 9.97 Å². The van der Waals surface area contributed by atoms with Crippen molar-refractivity contribution in [1.29, 1.82) is 0 Å². The van der Waals surface area contributed by atoms with Gasteiger partial charge in [0.05, 0.1) is 34.3 Å². The molecule has 47 heavy (non-hydrogen) atoms. The topological polar surface area (TPSA) is 38.4 Å². The second-order valence-electron chi connectivity index (χ2n) is 11.6. The van der Waals surface area contributed by atoms with Crippen LogP contribution >= 0.6 is 0 Å². The molecule has 9 rings (SSSR count). The summed E-state index contributed by atoms with van der Waals surface area (Å²) < 4.78 is 4.45. The fourth-order valence-corrected chi connectivity index (χ4v) is 6.69. The van der Waals surface area contributed by atoms with E-state index in [1.54, 1.807) is 0 Å². The molecular weight excluding hydrogens is 574 g/mol. The first-order chi connectivity index (χ1) is 23.3. The fraction of sp³-hybridized carbons (Fsp3) is 0. The standard InChI is InChI=1S/C42H29N5/c1-5-15-30(16-6-1)40-41(31-17-7-2-8-18-31)45-29-35(28-43-42(45)44-40)47-38-24-14-13-23-36(38)37-27-34(25-26-39(37)47)46(32-19-9-3-10-20-32)33-21-11-4-12-22-33/h1-29H. The Morgan fingerprint density at radius 1 is 0.489 bits per heavy atom. The molecule has 0 bridgehead atoms. The van der Waals surface area contributed by atoms with Crippen molar-refractivity contribution in [2.75, 3.05) is 4.90 Å². The van der Waals surface area contributed by atoms with Gasteiger partial charge in [0.15, 0.2) is 0 Å². The normalized spacial score (nSPS) is 11.4. The van der Waals surface area contributed by atoms with Crippen molar-refractivity contribution in [3.8, 4) is 28.2 Å². The smallest absolute Gasteiger partial charge is 0.234 e. The van der Waals surface area contributed by atoms with E-state index in [2.05, 4.69) is 172 Å². The van der Waals surface area contributed by atoms with E-state index >= 15 is 0 Å². The van der Waals surface area contributed by atoms with E-state index in [0.717, 1.165) is 56.3 Å². The van der Waals surface area contributed by atoms with E-state index in [1.807, 2.05) is 18.3 Å². The number of imidazole rings is 1. The molecule has 5 heteroatoms. The van der Waals surface area contributed by atoms with Gasteiger partial charge in [-0.05, 0) is 48.5 Å². The van der Waals surface area contributed by atoms with E-state index in [1.165, 1.54) is 10.8 Å². The van der Waals surface area contributed by atoms with Gasteiger partial charge in [-0.15, -0.1) is 0 Å². The Hall–Kier alpha value is -6.46. The molecule has 3 aromatic heterocycles. The van der Waals surface area contributed by atoms with Crippen molar-refractivity contribution in [1.82, 2.24) is 18.9 Å². The Morgan fingerprint density at radius 2 is 1.06 bits per heavy atom. The Labute approximate surface area is 272 Å². The predicted molar refractivity (Wildman–Crippen MR) is 193 cm³/mol. The van der Waals surface area contributed by atoms with Gasteiger partial charge in [0.1, 0.15) is 0 Å². The monoisotopic (exact) mass is 603 g/mol. The van der Waals surface area contributed by atoms with Crippen LogP contribution in [0.4, 0.5) is 17.1 Å². The maximum Gasteiger partial charge on any atom is 0.234 e. The lowest BCUT2D eigenvalue weighted by Gasteiger charge is -2.25. The van der Waals surface area contributed by atoms with E-state index in [0.29, 0.717) is 5.78 Å². The van der Waals surface area contributed by atoms with Gasteiger partial charge in [0.2, 0.25) is 5.78 Å². The molecule has 0 aliphatic heterocycles. The molecule has 0 fully saturated rings. The predicted octanol–water partition coefficient (Wildman–Crippen LogP) is 10.6. The minimum atomic E-state index is 0.663. The highest BCUT2D eigenvalue weighted by Crippen LogP contribution is 2.40. The van der Waals surface area contributed by atoms with E-state index < -0.39 is 0 Å². The van der Waals surface area contributed by atoms with Crippen LogP contribution in [-0.4, -0.2) is 18.9 Å². The molecule has 0 spiro atoms. The molecular formula is C42H29N5. The molecule has 0 atom stereocenters. The van der Waals surface area contributed by atoms with Crippen molar-refractivity contribution in [3.63, 3.8) is 0 Å². The number of rotatable bonds is 6. The average Bonchev–Trinajstić information content (AvgIpc) is 3.69. The van der Waals surface area contributed by atoms with E-state index in [-0.39, 0.29) is 0 Å². The number of nitrogens with zero attached hydrogens (tertiary/aromatic N) is 5. The first-order valence-corrected chi connectivity index (χ1v) is 15.8. The third-order valence-corrected chi connectivity index (χ3v) is 8.76. The second kappa shape index (κ2) is 11.2. The molecule has 0 aliphatic carbocycles. The van der Waals surface area contributed by atoms with E-state index in [4.69, 9.17) is 9.97 Å². The highest BCUT2D eigenvalue weighted by Gasteiger charge is 2.20. The summed E-state index contributed by atoms with van der Waals surface area (Å²) in [4.78, 5) is 12.3. The Kier molecular flexibility index (Phi) is 6.39. The first kappa shape index (κ1) is 26.9. The number of aromatic nitrogens is 4. The van der Waals surface area contributed by atoms with Gasteiger partial charge in [-0.2, -0.15) is 0 Å². The van der Waals surface area contributed by atoms with Crippen LogP contribution in [0.5, 0.6) is 0 Å². The summed E-state index contributed by atoms with van der Waals surface area (Å²) in [5.74, 6) is 0.663. The molecule has 0 radical (unpaired) electrons. The van der Waals surface area contributed by atoms with Crippen molar-refractivity contribution in [3.05, 3.63) is 176 Å². The molecule has 5 nitrogen and oxygen atoms in total.